The van der Waals surface area contributed by atoms with Gasteiger partial charge in [-0.05, 0) is 55.8 Å². The van der Waals surface area contributed by atoms with Gasteiger partial charge < -0.3 is 14.2 Å². The van der Waals surface area contributed by atoms with Gasteiger partial charge in [0.25, 0.3) is 0 Å². The van der Waals surface area contributed by atoms with Gasteiger partial charge in [-0.2, -0.15) is 0 Å². The minimum atomic E-state index is -0.366. The topological polar surface area (TPSA) is 44.8 Å². The molecular weight excluding hydrogens is 316 g/mol. The maximum Gasteiger partial charge on any atom is 0.170 e. The van der Waals surface area contributed by atoms with E-state index in [2.05, 4.69) is 0 Å². The SMILES string of the molecule is COc1ccc([C@@H]2CC(=O)c3ccc4c(c3O2)C=CC(C)(C)O4)cc1. The summed E-state index contributed by atoms with van der Waals surface area (Å²) in [4.78, 5) is 12.6. The number of carbonyl (C=O) groups is 1. The van der Waals surface area contributed by atoms with Crippen molar-refractivity contribution in [3.8, 4) is 17.2 Å². The normalized spacial score (nSPS) is 20.1. The van der Waals surface area contributed by atoms with Gasteiger partial charge in [-0.1, -0.05) is 12.1 Å². The van der Waals surface area contributed by atoms with Crippen LogP contribution in [0.5, 0.6) is 17.2 Å². The van der Waals surface area contributed by atoms with Gasteiger partial charge in [-0.3, -0.25) is 4.79 Å². The fraction of sp³-hybridized carbons (Fsp3) is 0.286. The molecule has 128 valence electrons. The van der Waals surface area contributed by atoms with Gasteiger partial charge in [0.05, 0.1) is 24.7 Å². The maximum atomic E-state index is 12.6. The van der Waals surface area contributed by atoms with Crippen molar-refractivity contribution in [2.75, 3.05) is 7.11 Å². The number of benzene rings is 2. The summed E-state index contributed by atoms with van der Waals surface area (Å²) in [6.45, 7) is 4.00. The van der Waals surface area contributed by atoms with E-state index >= 15 is 0 Å². The van der Waals surface area contributed by atoms with Crippen LogP contribution in [0.1, 0.15) is 47.9 Å². The van der Waals surface area contributed by atoms with Gasteiger partial charge in [0.1, 0.15) is 29.0 Å². The van der Waals surface area contributed by atoms with E-state index < -0.39 is 0 Å². The number of methoxy groups -OCH3 is 1. The zero-order valence-corrected chi connectivity index (χ0v) is 14.5. The molecule has 0 radical (unpaired) electrons. The van der Waals surface area contributed by atoms with Crippen LogP contribution >= 0.6 is 0 Å². The highest BCUT2D eigenvalue weighted by Crippen LogP contribution is 2.44. The first-order valence-corrected chi connectivity index (χ1v) is 8.36. The fourth-order valence-electron chi connectivity index (χ4n) is 3.24. The third-order valence-electron chi connectivity index (χ3n) is 4.60. The Morgan fingerprint density at radius 3 is 2.60 bits per heavy atom. The molecule has 0 saturated heterocycles. The average molecular weight is 336 g/mol. The number of Topliss-reactive ketones (excluding diaryl/α,β-unsaturated/α-hetero) is 1. The number of hydrogen-bond donors (Lipinski definition) is 0. The Balaban J connectivity index is 1.73. The molecule has 0 unspecified atom stereocenters. The van der Waals surface area contributed by atoms with Gasteiger partial charge in [0.2, 0.25) is 0 Å². The minimum Gasteiger partial charge on any atom is -0.497 e. The Labute approximate surface area is 147 Å². The lowest BCUT2D eigenvalue weighted by molar-refractivity contribution is 0.0846. The van der Waals surface area contributed by atoms with Crippen molar-refractivity contribution in [2.24, 2.45) is 0 Å². The highest BCUT2D eigenvalue weighted by atomic mass is 16.5. The standard InChI is InChI=1S/C21H20O4/c1-21(2)11-10-16-18(25-21)9-8-15-17(22)12-19(24-20(15)16)13-4-6-14(23-3)7-5-13/h4-11,19H,12H2,1-3H3/t19-/m0/s1. The second-order valence-corrected chi connectivity index (χ2v) is 6.90. The molecule has 0 aliphatic carbocycles. The van der Waals surface area contributed by atoms with Gasteiger partial charge in [-0.25, -0.2) is 0 Å². The molecule has 0 fully saturated rings. The van der Waals surface area contributed by atoms with Gasteiger partial charge in [-0.15, -0.1) is 0 Å². The van der Waals surface area contributed by atoms with Crippen molar-refractivity contribution in [2.45, 2.75) is 32.0 Å². The van der Waals surface area contributed by atoms with Crippen LogP contribution in [0.3, 0.4) is 0 Å². The minimum absolute atomic E-state index is 0.0862. The molecule has 4 nitrogen and oxygen atoms in total. The largest absolute Gasteiger partial charge is 0.497 e. The molecule has 0 saturated carbocycles. The summed E-state index contributed by atoms with van der Waals surface area (Å²) in [6.07, 6.45) is 4.00. The molecule has 2 aliphatic rings. The van der Waals surface area contributed by atoms with Crippen molar-refractivity contribution < 1.29 is 19.0 Å². The molecule has 1 atom stereocenters. The number of hydrogen-bond acceptors (Lipinski definition) is 4. The van der Waals surface area contributed by atoms with Crippen LogP contribution in [-0.2, 0) is 0 Å². The van der Waals surface area contributed by atoms with Gasteiger partial charge in [0.15, 0.2) is 5.78 Å². The first-order chi connectivity index (χ1) is 12.0. The number of carbonyl (C=O) groups excluding carboxylic acids is 1. The monoisotopic (exact) mass is 336 g/mol. The quantitative estimate of drug-likeness (QED) is 0.805. The first-order valence-electron chi connectivity index (χ1n) is 8.36. The summed E-state index contributed by atoms with van der Waals surface area (Å²) in [7, 11) is 1.63. The van der Waals surface area contributed by atoms with Crippen molar-refractivity contribution in [1.82, 2.24) is 0 Å². The molecule has 2 aromatic rings. The maximum absolute atomic E-state index is 12.6. The number of ketones is 1. The Bertz CT molecular complexity index is 862. The predicted molar refractivity (Wildman–Crippen MR) is 95.5 cm³/mol. The third kappa shape index (κ3) is 2.78. The lowest BCUT2D eigenvalue weighted by Crippen LogP contribution is -2.28. The van der Waals surface area contributed by atoms with E-state index in [-0.39, 0.29) is 17.5 Å². The van der Waals surface area contributed by atoms with E-state index in [1.807, 2.05) is 56.3 Å². The van der Waals surface area contributed by atoms with Crippen LogP contribution in [0.25, 0.3) is 6.08 Å². The van der Waals surface area contributed by atoms with E-state index in [0.717, 1.165) is 22.6 Å². The molecular formula is C21H20O4. The third-order valence-corrected chi connectivity index (χ3v) is 4.60. The summed E-state index contributed by atoms with van der Waals surface area (Å²) >= 11 is 0. The Morgan fingerprint density at radius 1 is 1.12 bits per heavy atom. The van der Waals surface area contributed by atoms with Crippen LogP contribution < -0.4 is 14.2 Å². The van der Waals surface area contributed by atoms with Gasteiger partial charge >= 0.3 is 0 Å². The number of fused-ring (bicyclic) bond motifs is 3. The van der Waals surface area contributed by atoms with Crippen LogP contribution in [0.2, 0.25) is 0 Å². The molecule has 0 spiro atoms. The lowest BCUT2D eigenvalue weighted by atomic mass is 9.92. The second-order valence-electron chi connectivity index (χ2n) is 6.90. The highest BCUT2D eigenvalue weighted by molar-refractivity contribution is 6.01. The van der Waals surface area contributed by atoms with Crippen LogP contribution in [0.15, 0.2) is 42.5 Å². The van der Waals surface area contributed by atoms with E-state index in [1.165, 1.54) is 0 Å². The average Bonchev–Trinajstić information content (AvgIpc) is 2.60. The van der Waals surface area contributed by atoms with Crippen molar-refractivity contribution in [1.29, 1.82) is 0 Å². The molecule has 0 amide bonds. The number of rotatable bonds is 2. The van der Waals surface area contributed by atoms with E-state index in [0.29, 0.717) is 17.7 Å². The fourth-order valence-corrected chi connectivity index (χ4v) is 3.24. The lowest BCUT2D eigenvalue weighted by Gasteiger charge is -2.32. The van der Waals surface area contributed by atoms with E-state index in [9.17, 15) is 4.79 Å². The number of ether oxygens (including phenoxy) is 3. The van der Waals surface area contributed by atoms with Crippen molar-refractivity contribution in [3.05, 3.63) is 59.2 Å². The molecule has 0 bridgehead atoms. The molecule has 0 aromatic heterocycles. The predicted octanol–water partition coefficient (Wildman–Crippen LogP) is 4.59. The molecule has 4 heteroatoms. The Kier molecular flexibility index (Phi) is 3.57. The summed E-state index contributed by atoms with van der Waals surface area (Å²) in [6, 6.07) is 11.3. The van der Waals surface area contributed by atoms with E-state index in [4.69, 9.17) is 14.2 Å². The summed E-state index contributed by atoms with van der Waals surface area (Å²) in [5.74, 6) is 2.22. The van der Waals surface area contributed by atoms with Crippen LogP contribution in [0.4, 0.5) is 0 Å². The summed E-state index contributed by atoms with van der Waals surface area (Å²) in [5, 5.41) is 0. The van der Waals surface area contributed by atoms with Crippen LogP contribution in [0, 0.1) is 0 Å². The molecule has 2 aliphatic heterocycles. The second kappa shape index (κ2) is 5.66. The smallest absolute Gasteiger partial charge is 0.170 e. The van der Waals surface area contributed by atoms with Gasteiger partial charge in [0, 0.05) is 0 Å². The highest BCUT2D eigenvalue weighted by Gasteiger charge is 2.33. The van der Waals surface area contributed by atoms with Crippen molar-refractivity contribution >= 4 is 11.9 Å². The molecule has 25 heavy (non-hydrogen) atoms. The Morgan fingerprint density at radius 2 is 1.88 bits per heavy atom. The van der Waals surface area contributed by atoms with Crippen LogP contribution in [-0.4, -0.2) is 18.5 Å². The first kappa shape index (κ1) is 15.8. The zero-order valence-electron chi connectivity index (χ0n) is 14.5. The summed E-state index contributed by atoms with van der Waals surface area (Å²) in [5.41, 5.74) is 2.05. The molecule has 0 N–H and O–H groups in total. The molecule has 2 aromatic carbocycles. The van der Waals surface area contributed by atoms with E-state index in [1.54, 1.807) is 13.2 Å². The van der Waals surface area contributed by atoms with Crippen molar-refractivity contribution in [3.63, 3.8) is 0 Å². The molecule has 2 heterocycles. The zero-order chi connectivity index (χ0) is 17.6. The Hall–Kier alpha value is -2.75. The summed E-state index contributed by atoms with van der Waals surface area (Å²) < 4.78 is 17.4. The molecule has 4 rings (SSSR count).